The number of aliphatic hydroxyl groups excluding tert-OH is 1. The van der Waals surface area contributed by atoms with Gasteiger partial charge in [-0.1, -0.05) is 27.7 Å². The Kier molecular flexibility index (Phi) is 11.7. The van der Waals surface area contributed by atoms with E-state index in [9.17, 15) is 24.3 Å². The van der Waals surface area contributed by atoms with Gasteiger partial charge in [0.05, 0.1) is 6.61 Å². The Morgan fingerprint density at radius 1 is 0.929 bits per heavy atom. The van der Waals surface area contributed by atoms with E-state index in [0.29, 0.717) is 0 Å². The molecule has 0 saturated carbocycles. The van der Waals surface area contributed by atoms with Crippen molar-refractivity contribution in [3.8, 4) is 0 Å². The van der Waals surface area contributed by atoms with Crippen molar-refractivity contribution in [2.45, 2.75) is 58.3 Å². The van der Waals surface area contributed by atoms with Crippen molar-refractivity contribution in [2.24, 2.45) is 17.6 Å². The fourth-order valence-electron chi connectivity index (χ4n) is 2.30. The molecule has 7 N–H and O–H groups in total. The molecule has 0 heterocycles. The van der Waals surface area contributed by atoms with Gasteiger partial charge in [0.1, 0.15) is 24.2 Å². The minimum atomic E-state index is -1.18. The van der Waals surface area contributed by atoms with Gasteiger partial charge in [-0.2, -0.15) is 12.6 Å². The van der Waals surface area contributed by atoms with Gasteiger partial charge in [0.2, 0.25) is 17.7 Å². The number of carboxylic acids is 1. The molecular formula is C17H32N4O6S. The summed E-state index contributed by atoms with van der Waals surface area (Å²) in [6.45, 7) is 6.41. The highest BCUT2D eigenvalue weighted by molar-refractivity contribution is 7.80. The first-order valence-electron chi connectivity index (χ1n) is 9.05. The monoisotopic (exact) mass is 420 g/mol. The summed E-state index contributed by atoms with van der Waals surface area (Å²) in [4.78, 5) is 48.1. The van der Waals surface area contributed by atoms with Crippen molar-refractivity contribution in [1.82, 2.24) is 16.0 Å². The fourth-order valence-corrected chi connectivity index (χ4v) is 2.56. The van der Waals surface area contributed by atoms with Gasteiger partial charge in [0.15, 0.2) is 0 Å². The highest BCUT2D eigenvalue weighted by atomic mass is 32.1. The van der Waals surface area contributed by atoms with E-state index in [0.717, 1.165) is 0 Å². The van der Waals surface area contributed by atoms with E-state index in [1.807, 2.05) is 13.8 Å². The smallest absolute Gasteiger partial charge is 0.326 e. The second kappa shape index (κ2) is 12.6. The van der Waals surface area contributed by atoms with Crippen LogP contribution in [0.5, 0.6) is 0 Å². The van der Waals surface area contributed by atoms with Crippen LogP contribution in [0.3, 0.4) is 0 Å². The molecule has 0 radical (unpaired) electrons. The van der Waals surface area contributed by atoms with Crippen molar-refractivity contribution < 1.29 is 29.4 Å². The van der Waals surface area contributed by atoms with Crippen LogP contribution >= 0.6 is 12.6 Å². The first kappa shape index (κ1) is 26.1. The first-order valence-corrected chi connectivity index (χ1v) is 9.68. The predicted octanol–water partition coefficient (Wildman–Crippen LogP) is -1.52. The van der Waals surface area contributed by atoms with Crippen molar-refractivity contribution >= 4 is 36.3 Å². The van der Waals surface area contributed by atoms with Crippen molar-refractivity contribution in [3.63, 3.8) is 0 Å². The Bertz CT molecular complexity index is 558. The van der Waals surface area contributed by atoms with E-state index in [2.05, 4.69) is 28.6 Å². The lowest BCUT2D eigenvalue weighted by Gasteiger charge is -2.25. The summed E-state index contributed by atoms with van der Waals surface area (Å²) in [5.74, 6) is -3.58. The zero-order valence-electron chi connectivity index (χ0n) is 16.6. The molecule has 4 unspecified atom stereocenters. The maximum Gasteiger partial charge on any atom is 0.326 e. The highest BCUT2D eigenvalue weighted by Crippen LogP contribution is 2.07. The third-order valence-electron chi connectivity index (χ3n) is 3.92. The van der Waals surface area contributed by atoms with Crippen molar-refractivity contribution in [1.29, 1.82) is 0 Å². The number of aliphatic hydroxyl groups is 1. The van der Waals surface area contributed by atoms with Gasteiger partial charge in [0, 0.05) is 5.75 Å². The number of carbonyl (C=O) groups is 4. The summed E-state index contributed by atoms with van der Waals surface area (Å²) in [5.41, 5.74) is 5.46. The molecule has 0 aromatic heterocycles. The van der Waals surface area contributed by atoms with E-state index in [-0.39, 0.29) is 24.0 Å². The average Bonchev–Trinajstić information content (AvgIpc) is 2.61. The van der Waals surface area contributed by atoms with E-state index in [1.165, 1.54) is 0 Å². The van der Waals surface area contributed by atoms with Crippen molar-refractivity contribution in [2.75, 3.05) is 12.4 Å². The number of nitrogens with one attached hydrogen (secondary N) is 3. The van der Waals surface area contributed by atoms with Crippen LogP contribution in [-0.2, 0) is 19.2 Å². The Morgan fingerprint density at radius 3 is 1.82 bits per heavy atom. The zero-order valence-corrected chi connectivity index (χ0v) is 17.5. The Balaban J connectivity index is 5.19. The fraction of sp³-hybridized carbons (Fsp3) is 0.765. The van der Waals surface area contributed by atoms with Crippen LogP contribution in [-0.4, -0.2) is 70.4 Å². The van der Waals surface area contributed by atoms with Gasteiger partial charge in [-0.25, -0.2) is 4.79 Å². The normalized spacial score (nSPS) is 15.5. The van der Waals surface area contributed by atoms with Crippen LogP contribution in [0.4, 0.5) is 0 Å². The van der Waals surface area contributed by atoms with Crippen LogP contribution in [0.2, 0.25) is 0 Å². The van der Waals surface area contributed by atoms with Crippen LogP contribution < -0.4 is 21.7 Å². The summed E-state index contributed by atoms with van der Waals surface area (Å²) in [5, 5.41) is 25.5. The lowest BCUT2D eigenvalue weighted by atomic mass is 10.0. The SMILES string of the molecule is CC(C)CC(NC(=O)C(N)CO)C(=O)NC(CS)C(=O)NC(C(=O)O)C(C)C. The Hall–Kier alpha value is -1.85. The number of thiol groups is 1. The molecule has 162 valence electrons. The summed E-state index contributed by atoms with van der Waals surface area (Å²) >= 11 is 4.05. The molecule has 0 aromatic rings. The van der Waals surface area contributed by atoms with Crippen LogP contribution in [0.1, 0.15) is 34.1 Å². The summed E-state index contributed by atoms with van der Waals surface area (Å²) in [6.07, 6.45) is 0.278. The van der Waals surface area contributed by atoms with Crippen LogP contribution in [0.25, 0.3) is 0 Å². The van der Waals surface area contributed by atoms with Crippen molar-refractivity contribution in [3.05, 3.63) is 0 Å². The van der Waals surface area contributed by atoms with E-state index >= 15 is 0 Å². The van der Waals surface area contributed by atoms with E-state index in [1.54, 1.807) is 13.8 Å². The summed E-state index contributed by atoms with van der Waals surface area (Å²) in [7, 11) is 0. The molecule has 11 heteroatoms. The first-order chi connectivity index (χ1) is 12.9. The summed E-state index contributed by atoms with van der Waals surface area (Å²) < 4.78 is 0. The molecule has 0 bridgehead atoms. The molecule has 0 spiro atoms. The largest absolute Gasteiger partial charge is 0.480 e. The Labute approximate surface area is 170 Å². The lowest BCUT2D eigenvalue weighted by Crippen LogP contribution is -2.58. The minimum Gasteiger partial charge on any atom is -0.480 e. The quantitative estimate of drug-likeness (QED) is 0.188. The number of rotatable bonds is 12. The number of nitrogens with two attached hydrogens (primary N) is 1. The number of amides is 3. The molecule has 0 fully saturated rings. The highest BCUT2D eigenvalue weighted by Gasteiger charge is 2.30. The molecule has 3 amide bonds. The summed E-state index contributed by atoms with van der Waals surface area (Å²) in [6, 6.07) is -4.34. The zero-order chi connectivity index (χ0) is 22.0. The third-order valence-corrected chi connectivity index (χ3v) is 4.28. The number of hydrogen-bond donors (Lipinski definition) is 7. The molecule has 0 aliphatic carbocycles. The van der Waals surface area contributed by atoms with Gasteiger partial charge in [-0.3, -0.25) is 14.4 Å². The topological polar surface area (TPSA) is 171 Å². The molecule has 0 rings (SSSR count). The van der Waals surface area contributed by atoms with E-state index in [4.69, 9.17) is 10.8 Å². The standard InChI is InChI=1S/C17H32N4O6S/c1-8(2)5-11(19-14(23)10(18)6-22)15(24)20-12(7-28)16(25)21-13(9(3)4)17(26)27/h8-13,22,28H,5-7,18H2,1-4H3,(H,19,23)(H,20,24)(H,21,25)(H,26,27). The second-order valence-corrected chi connectivity index (χ2v) is 7.66. The van der Waals surface area contributed by atoms with Crippen LogP contribution in [0, 0.1) is 11.8 Å². The van der Waals surface area contributed by atoms with Gasteiger partial charge >= 0.3 is 5.97 Å². The van der Waals surface area contributed by atoms with Crippen LogP contribution in [0.15, 0.2) is 0 Å². The van der Waals surface area contributed by atoms with E-state index < -0.39 is 54.5 Å². The molecule has 0 aliphatic rings. The van der Waals surface area contributed by atoms with Gasteiger partial charge in [-0.05, 0) is 18.3 Å². The maximum absolute atomic E-state index is 12.6. The molecular weight excluding hydrogens is 388 g/mol. The predicted molar refractivity (Wildman–Crippen MR) is 107 cm³/mol. The van der Waals surface area contributed by atoms with Gasteiger partial charge in [-0.15, -0.1) is 0 Å². The molecule has 10 nitrogen and oxygen atoms in total. The molecule has 0 aromatic carbocycles. The molecule has 4 atom stereocenters. The minimum absolute atomic E-state index is 0.0435. The number of carbonyl (C=O) groups excluding carboxylic acids is 3. The molecule has 0 saturated heterocycles. The Morgan fingerprint density at radius 2 is 1.43 bits per heavy atom. The van der Waals surface area contributed by atoms with Gasteiger partial charge in [0.25, 0.3) is 0 Å². The molecule has 0 aliphatic heterocycles. The second-order valence-electron chi connectivity index (χ2n) is 7.29. The number of aliphatic carboxylic acids is 1. The van der Waals surface area contributed by atoms with Gasteiger partial charge < -0.3 is 31.9 Å². The maximum atomic E-state index is 12.6. The number of hydrogen-bond acceptors (Lipinski definition) is 7. The number of carboxylic acid groups (broad SMARTS) is 1. The third kappa shape index (κ3) is 8.89. The lowest BCUT2D eigenvalue weighted by molar-refractivity contribution is -0.143. The average molecular weight is 421 g/mol. The molecule has 28 heavy (non-hydrogen) atoms.